The van der Waals surface area contributed by atoms with Gasteiger partial charge in [-0.1, -0.05) is 0 Å². The molecule has 106 valence electrons. The van der Waals surface area contributed by atoms with Gasteiger partial charge in [-0.05, 0) is 6.07 Å². The van der Waals surface area contributed by atoms with Gasteiger partial charge in [0.15, 0.2) is 0 Å². The predicted octanol–water partition coefficient (Wildman–Crippen LogP) is 0.712. The molecule has 0 spiro atoms. The number of carbonyl (C=O) groups is 1. The Morgan fingerprint density at radius 1 is 1.65 bits per heavy atom. The molecule has 1 fully saturated rings. The second-order valence-corrected chi connectivity index (χ2v) is 5.68. The number of nitrogen functional groups attached to an aromatic ring is 1. The van der Waals surface area contributed by atoms with Gasteiger partial charge in [-0.15, -0.1) is 11.3 Å². The van der Waals surface area contributed by atoms with Crippen LogP contribution in [0.1, 0.15) is 9.67 Å². The first-order chi connectivity index (χ1) is 9.72. The van der Waals surface area contributed by atoms with Gasteiger partial charge < -0.3 is 20.5 Å². The average molecular weight is 293 g/mol. The number of rotatable bonds is 2. The SMILES string of the molecule is Nc1c(C(=O)N2CCOCC2CO)sc2cnccc12. The Labute approximate surface area is 119 Å². The van der Waals surface area contributed by atoms with E-state index in [0.717, 1.165) is 10.1 Å². The van der Waals surface area contributed by atoms with Crippen molar-refractivity contribution in [3.63, 3.8) is 0 Å². The van der Waals surface area contributed by atoms with Gasteiger partial charge in [-0.2, -0.15) is 0 Å². The Balaban J connectivity index is 1.97. The van der Waals surface area contributed by atoms with E-state index in [1.54, 1.807) is 23.4 Å². The molecule has 1 saturated heterocycles. The van der Waals surface area contributed by atoms with Gasteiger partial charge in [-0.25, -0.2) is 0 Å². The summed E-state index contributed by atoms with van der Waals surface area (Å²) in [7, 11) is 0. The second kappa shape index (κ2) is 5.35. The van der Waals surface area contributed by atoms with E-state index in [4.69, 9.17) is 10.5 Å². The molecule has 2 aromatic heterocycles. The van der Waals surface area contributed by atoms with E-state index in [1.807, 2.05) is 0 Å². The van der Waals surface area contributed by atoms with Crippen molar-refractivity contribution in [1.82, 2.24) is 9.88 Å². The number of ether oxygens (including phenoxy) is 1. The maximum Gasteiger partial charge on any atom is 0.266 e. The number of aromatic nitrogens is 1. The van der Waals surface area contributed by atoms with Crippen molar-refractivity contribution in [2.75, 3.05) is 32.1 Å². The van der Waals surface area contributed by atoms with E-state index in [2.05, 4.69) is 4.98 Å². The zero-order valence-corrected chi connectivity index (χ0v) is 11.6. The summed E-state index contributed by atoms with van der Waals surface area (Å²) in [5.41, 5.74) is 6.56. The highest BCUT2D eigenvalue weighted by Crippen LogP contribution is 2.34. The van der Waals surface area contributed by atoms with E-state index in [0.29, 0.717) is 30.3 Å². The highest BCUT2D eigenvalue weighted by Gasteiger charge is 2.30. The summed E-state index contributed by atoms with van der Waals surface area (Å²) in [4.78, 5) is 18.8. The Morgan fingerprint density at radius 2 is 2.50 bits per heavy atom. The number of aliphatic hydroxyl groups is 1. The number of morpholine rings is 1. The summed E-state index contributed by atoms with van der Waals surface area (Å²) >= 11 is 1.34. The molecule has 1 aliphatic heterocycles. The smallest absolute Gasteiger partial charge is 0.266 e. The molecule has 3 heterocycles. The lowest BCUT2D eigenvalue weighted by Gasteiger charge is -2.34. The summed E-state index contributed by atoms with van der Waals surface area (Å²) in [6.07, 6.45) is 3.36. The topological polar surface area (TPSA) is 88.7 Å². The number of aliphatic hydroxyl groups excluding tert-OH is 1. The van der Waals surface area contributed by atoms with Crippen LogP contribution in [0.15, 0.2) is 18.5 Å². The van der Waals surface area contributed by atoms with Crippen LogP contribution in [0.5, 0.6) is 0 Å². The molecule has 7 heteroatoms. The number of pyridine rings is 1. The first-order valence-corrected chi connectivity index (χ1v) is 7.15. The number of amides is 1. The van der Waals surface area contributed by atoms with Gasteiger partial charge in [0.2, 0.25) is 0 Å². The van der Waals surface area contributed by atoms with E-state index in [1.165, 1.54) is 11.3 Å². The lowest BCUT2D eigenvalue weighted by atomic mass is 10.2. The van der Waals surface area contributed by atoms with Crippen LogP contribution in [0.25, 0.3) is 10.1 Å². The monoisotopic (exact) mass is 293 g/mol. The maximum atomic E-state index is 12.6. The normalized spacial score (nSPS) is 19.4. The lowest BCUT2D eigenvalue weighted by Crippen LogP contribution is -2.50. The van der Waals surface area contributed by atoms with Crippen molar-refractivity contribution in [2.24, 2.45) is 0 Å². The number of nitrogens with two attached hydrogens (primary N) is 1. The largest absolute Gasteiger partial charge is 0.397 e. The molecule has 0 aromatic carbocycles. The Bertz CT molecular complexity index is 643. The van der Waals surface area contributed by atoms with Crippen molar-refractivity contribution in [1.29, 1.82) is 0 Å². The van der Waals surface area contributed by atoms with Crippen LogP contribution in [0.3, 0.4) is 0 Å². The molecule has 0 bridgehead atoms. The number of fused-ring (bicyclic) bond motifs is 1. The van der Waals surface area contributed by atoms with Gasteiger partial charge in [0.1, 0.15) is 4.88 Å². The van der Waals surface area contributed by atoms with Gasteiger partial charge in [0.05, 0.1) is 36.2 Å². The third kappa shape index (κ3) is 2.13. The third-order valence-corrected chi connectivity index (χ3v) is 4.57. The molecular formula is C13H15N3O3S. The molecular weight excluding hydrogens is 278 g/mol. The molecule has 0 aliphatic carbocycles. The van der Waals surface area contributed by atoms with Crippen molar-refractivity contribution in [3.8, 4) is 0 Å². The van der Waals surface area contributed by atoms with Crippen LogP contribution in [0.4, 0.5) is 5.69 Å². The molecule has 6 nitrogen and oxygen atoms in total. The number of nitrogens with zero attached hydrogens (tertiary/aromatic N) is 2. The Morgan fingerprint density at radius 3 is 3.25 bits per heavy atom. The van der Waals surface area contributed by atoms with Crippen molar-refractivity contribution < 1.29 is 14.6 Å². The fourth-order valence-corrected chi connectivity index (χ4v) is 3.38. The quantitative estimate of drug-likeness (QED) is 0.851. The third-order valence-electron chi connectivity index (χ3n) is 3.42. The molecule has 20 heavy (non-hydrogen) atoms. The minimum atomic E-state index is -0.306. The molecule has 1 aliphatic rings. The standard InChI is InChI=1S/C13H15N3O3S/c14-11-9-1-2-15-5-10(9)20-12(11)13(18)16-3-4-19-7-8(16)6-17/h1-2,5,8,17H,3-4,6-7,14H2. The van der Waals surface area contributed by atoms with Crippen LogP contribution in [-0.2, 0) is 4.74 Å². The summed E-state index contributed by atoms with van der Waals surface area (Å²) in [6, 6.07) is 1.50. The fraction of sp³-hybridized carbons (Fsp3) is 0.385. The highest BCUT2D eigenvalue weighted by atomic mass is 32.1. The van der Waals surface area contributed by atoms with E-state index < -0.39 is 0 Å². The molecule has 2 aromatic rings. The summed E-state index contributed by atoms with van der Waals surface area (Å²) in [6.45, 7) is 1.19. The number of carbonyl (C=O) groups excluding carboxylic acids is 1. The summed E-state index contributed by atoms with van der Waals surface area (Å²) in [5.74, 6) is -0.147. The number of hydrogen-bond acceptors (Lipinski definition) is 6. The average Bonchev–Trinajstić information content (AvgIpc) is 2.84. The fourth-order valence-electron chi connectivity index (χ4n) is 2.33. The minimum absolute atomic E-state index is 0.113. The van der Waals surface area contributed by atoms with Crippen LogP contribution in [-0.4, -0.2) is 53.3 Å². The summed E-state index contributed by atoms with van der Waals surface area (Å²) < 4.78 is 6.18. The molecule has 1 amide bonds. The van der Waals surface area contributed by atoms with E-state index in [9.17, 15) is 9.90 Å². The molecule has 3 rings (SSSR count). The minimum Gasteiger partial charge on any atom is -0.397 e. The summed E-state index contributed by atoms with van der Waals surface area (Å²) in [5, 5.41) is 10.2. The lowest BCUT2D eigenvalue weighted by molar-refractivity contribution is -0.0181. The first-order valence-electron chi connectivity index (χ1n) is 6.34. The predicted molar refractivity (Wildman–Crippen MR) is 76.8 cm³/mol. The highest BCUT2D eigenvalue weighted by molar-refractivity contribution is 7.21. The number of thiophene rings is 1. The van der Waals surface area contributed by atoms with Gasteiger partial charge >= 0.3 is 0 Å². The Hall–Kier alpha value is -1.70. The maximum absolute atomic E-state index is 12.6. The van der Waals surface area contributed by atoms with E-state index in [-0.39, 0.29) is 18.6 Å². The van der Waals surface area contributed by atoms with Crippen molar-refractivity contribution in [2.45, 2.75) is 6.04 Å². The van der Waals surface area contributed by atoms with Crippen LogP contribution in [0.2, 0.25) is 0 Å². The molecule has 0 saturated carbocycles. The number of anilines is 1. The van der Waals surface area contributed by atoms with Gasteiger partial charge in [0.25, 0.3) is 5.91 Å². The Kier molecular flexibility index (Phi) is 3.56. The van der Waals surface area contributed by atoms with Crippen LogP contribution >= 0.6 is 11.3 Å². The molecule has 1 unspecified atom stereocenters. The zero-order chi connectivity index (χ0) is 14.1. The molecule has 1 atom stereocenters. The zero-order valence-electron chi connectivity index (χ0n) is 10.8. The van der Waals surface area contributed by atoms with Crippen LogP contribution in [0, 0.1) is 0 Å². The van der Waals surface area contributed by atoms with Crippen molar-refractivity contribution >= 4 is 33.0 Å². The van der Waals surface area contributed by atoms with Gasteiger partial charge in [0, 0.05) is 24.3 Å². The second-order valence-electron chi connectivity index (χ2n) is 4.63. The first kappa shape index (κ1) is 13.3. The number of hydrogen-bond donors (Lipinski definition) is 2. The van der Waals surface area contributed by atoms with Gasteiger partial charge in [-0.3, -0.25) is 9.78 Å². The van der Waals surface area contributed by atoms with E-state index >= 15 is 0 Å². The van der Waals surface area contributed by atoms with Crippen LogP contribution < -0.4 is 5.73 Å². The molecule has 3 N–H and O–H groups in total. The van der Waals surface area contributed by atoms with Crippen molar-refractivity contribution in [3.05, 3.63) is 23.3 Å². The molecule has 0 radical (unpaired) electrons.